The molecule has 0 fully saturated rings. The second kappa shape index (κ2) is 8.88. The van der Waals surface area contributed by atoms with Gasteiger partial charge in [0.25, 0.3) is 0 Å². The van der Waals surface area contributed by atoms with E-state index >= 15 is 0 Å². The normalized spacial score (nSPS) is 12.4. The molecule has 0 amide bonds. The predicted octanol–water partition coefficient (Wildman–Crippen LogP) is 2.71. The molecule has 0 aliphatic rings. The minimum absolute atomic E-state index is 0.0500. The first-order chi connectivity index (χ1) is 11.9. The number of hydrogen-bond acceptors (Lipinski definition) is 7. The summed E-state index contributed by atoms with van der Waals surface area (Å²) in [5, 5.41) is 22.5. The number of nitrogens with zero attached hydrogens (tertiary/aromatic N) is 3. The second-order valence-corrected chi connectivity index (χ2v) is 9.49. The monoisotopic (exact) mass is 452 g/mol. The lowest BCUT2D eigenvalue weighted by atomic mass is 10.3. The minimum Gasteiger partial charge on any atom is -0.290 e. The number of halogens is 2. The summed E-state index contributed by atoms with van der Waals surface area (Å²) < 4.78 is 30.5. The van der Waals surface area contributed by atoms with Gasteiger partial charge in [-0.25, -0.2) is 14.0 Å². The van der Waals surface area contributed by atoms with Crippen LogP contribution in [0.15, 0.2) is 37.3 Å². The van der Waals surface area contributed by atoms with Gasteiger partial charge in [-0.15, -0.1) is 0 Å². The third-order valence-corrected chi connectivity index (χ3v) is 7.60. The highest BCUT2D eigenvalue weighted by Crippen LogP contribution is 2.41. The largest absolute Gasteiger partial charge is 0.290 e. The third kappa shape index (κ3) is 5.09. The van der Waals surface area contributed by atoms with Crippen LogP contribution in [0.5, 0.6) is 0 Å². The second-order valence-electron chi connectivity index (χ2n) is 4.55. The Morgan fingerprint density at radius 1 is 1.44 bits per heavy atom. The first-order valence-electron chi connectivity index (χ1n) is 6.79. The van der Waals surface area contributed by atoms with Crippen molar-refractivity contribution in [3.05, 3.63) is 34.2 Å². The smallest absolute Gasteiger partial charge is 0.220 e. The summed E-state index contributed by atoms with van der Waals surface area (Å²) in [5.74, 6) is -0.488. The number of nitrogens with one attached hydrogen (secondary N) is 3. The molecule has 13 heteroatoms. The maximum atomic E-state index is 13.3. The summed E-state index contributed by atoms with van der Waals surface area (Å²) in [4.78, 5) is 4.15. The molecule has 0 bridgehead atoms. The quantitative estimate of drug-likeness (QED) is 0.165. The Bertz CT molecular complexity index is 812. The lowest BCUT2D eigenvalue weighted by molar-refractivity contribution is 0.234. The first kappa shape index (κ1) is 20.0. The van der Waals surface area contributed by atoms with Crippen LogP contribution in [0, 0.1) is 5.82 Å². The van der Waals surface area contributed by atoms with Gasteiger partial charge < -0.3 is 0 Å². The zero-order valence-electron chi connectivity index (χ0n) is 13.2. The number of thioether (sulfide) groups is 1. The lowest BCUT2D eigenvalue weighted by Gasteiger charge is -2.14. The zero-order valence-corrected chi connectivity index (χ0v) is 16.5. The van der Waals surface area contributed by atoms with Crippen molar-refractivity contribution in [3.8, 4) is 0 Å². The van der Waals surface area contributed by atoms with E-state index < -0.39 is 13.3 Å². The van der Waals surface area contributed by atoms with Crippen LogP contribution in [-0.4, -0.2) is 40.9 Å². The molecule has 0 saturated carbocycles. The molecule has 136 valence electrons. The van der Waals surface area contributed by atoms with Crippen LogP contribution in [0.4, 0.5) is 10.1 Å². The molecule has 0 radical (unpaired) electrons. The Morgan fingerprint density at radius 3 is 2.76 bits per heavy atom. The van der Waals surface area contributed by atoms with Crippen molar-refractivity contribution in [1.29, 1.82) is 0 Å². The van der Waals surface area contributed by atoms with E-state index in [0.29, 0.717) is 5.69 Å². The molecule has 25 heavy (non-hydrogen) atoms. The lowest BCUT2D eigenvalue weighted by Crippen LogP contribution is -2.21. The molecule has 0 unspecified atom stereocenters. The van der Waals surface area contributed by atoms with E-state index in [0.717, 1.165) is 11.8 Å². The zero-order chi connectivity index (χ0) is 18.4. The SMILES string of the molecule is CNP(=O)(CSc1nonc1C(=Nc1ccc(F)c(Br)c1)NO)NC. The van der Waals surface area contributed by atoms with Crippen molar-refractivity contribution in [2.24, 2.45) is 4.99 Å². The number of amidine groups is 1. The topological polar surface area (TPSA) is 125 Å². The van der Waals surface area contributed by atoms with Crippen molar-refractivity contribution in [1.82, 2.24) is 26.0 Å². The van der Waals surface area contributed by atoms with Crippen LogP contribution in [0.25, 0.3) is 0 Å². The Morgan fingerprint density at radius 2 is 2.16 bits per heavy atom. The summed E-state index contributed by atoms with van der Waals surface area (Å²) in [6.45, 7) is 0. The number of hydroxylamine groups is 1. The van der Waals surface area contributed by atoms with Crippen molar-refractivity contribution in [3.63, 3.8) is 0 Å². The molecule has 2 rings (SSSR count). The number of benzene rings is 1. The van der Waals surface area contributed by atoms with E-state index in [1.807, 2.05) is 5.48 Å². The molecule has 0 aliphatic heterocycles. The van der Waals surface area contributed by atoms with Gasteiger partial charge in [0, 0.05) is 0 Å². The minimum atomic E-state index is -2.78. The highest BCUT2D eigenvalue weighted by Gasteiger charge is 2.22. The summed E-state index contributed by atoms with van der Waals surface area (Å²) >= 11 is 4.17. The van der Waals surface area contributed by atoms with E-state index in [1.54, 1.807) is 14.1 Å². The highest BCUT2D eigenvalue weighted by atomic mass is 79.9. The van der Waals surface area contributed by atoms with Gasteiger partial charge in [0.2, 0.25) is 7.44 Å². The summed E-state index contributed by atoms with van der Waals surface area (Å²) in [6.07, 6.45) is 0. The molecule has 1 aromatic carbocycles. The Hall–Kier alpha value is -1.30. The van der Waals surface area contributed by atoms with Crippen molar-refractivity contribution in [2.45, 2.75) is 5.03 Å². The van der Waals surface area contributed by atoms with Crippen LogP contribution < -0.4 is 15.7 Å². The van der Waals surface area contributed by atoms with Crippen molar-refractivity contribution < 1.29 is 18.8 Å². The first-order valence-corrected chi connectivity index (χ1v) is 10.5. The van der Waals surface area contributed by atoms with E-state index in [1.165, 1.54) is 18.2 Å². The van der Waals surface area contributed by atoms with Crippen molar-refractivity contribution >= 4 is 46.7 Å². The Kier molecular flexibility index (Phi) is 7.11. The predicted molar refractivity (Wildman–Crippen MR) is 96.0 cm³/mol. The third-order valence-electron chi connectivity index (χ3n) is 3.04. The number of rotatable bonds is 7. The molecule has 9 nitrogen and oxygen atoms in total. The maximum Gasteiger partial charge on any atom is 0.220 e. The van der Waals surface area contributed by atoms with Gasteiger partial charge in [-0.05, 0) is 58.5 Å². The number of hydrogen-bond donors (Lipinski definition) is 4. The summed E-state index contributed by atoms with van der Waals surface area (Å²) in [7, 11) is 0.379. The van der Waals surface area contributed by atoms with Crippen LogP contribution in [-0.2, 0) is 4.57 Å². The number of aromatic nitrogens is 2. The van der Waals surface area contributed by atoms with Crippen LogP contribution in [0.2, 0.25) is 0 Å². The fourth-order valence-corrected chi connectivity index (χ4v) is 4.82. The molecule has 1 heterocycles. The van der Waals surface area contributed by atoms with Gasteiger partial charge in [-0.1, -0.05) is 11.8 Å². The number of aliphatic imine (C=N–C) groups is 1. The van der Waals surface area contributed by atoms with Crippen molar-refractivity contribution in [2.75, 3.05) is 19.6 Å². The van der Waals surface area contributed by atoms with Gasteiger partial charge in [0.1, 0.15) is 5.82 Å². The molecule has 0 saturated heterocycles. The van der Waals surface area contributed by atoms with E-state index in [9.17, 15) is 14.2 Å². The van der Waals surface area contributed by atoms with Gasteiger partial charge in [0.15, 0.2) is 16.6 Å². The van der Waals surface area contributed by atoms with E-state index in [2.05, 4.69) is 46.0 Å². The van der Waals surface area contributed by atoms with Crippen LogP contribution in [0.3, 0.4) is 0 Å². The average molecular weight is 453 g/mol. The van der Waals surface area contributed by atoms with Gasteiger partial charge in [0.05, 0.1) is 15.7 Å². The Labute approximate surface area is 155 Å². The molecule has 0 aliphatic carbocycles. The van der Waals surface area contributed by atoms with Gasteiger partial charge in [-0.3, -0.25) is 25.4 Å². The van der Waals surface area contributed by atoms with Gasteiger partial charge >= 0.3 is 0 Å². The highest BCUT2D eigenvalue weighted by molar-refractivity contribution is 9.10. The molecule has 0 atom stereocenters. The fraction of sp³-hybridized carbons (Fsp3) is 0.250. The molecule has 0 spiro atoms. The molecule has 1 aromatic heterocycles. The standard InChI is InChI=1S/C12H15BrFN6O3PS/c1-15-24(22,16-2)6-25-12-10(19-23-20-12)11(18-21)17-7-3-4-9(14)8(13)5-7/h3-5,21H,6H2,1-2H3,(H,17,18)(H2,15,16,22). The maximum absolute atomic E-state index is 13.3. The molecular weight excluding hydrogens is 438 g/mol. The molecule has 4 N–H and O–H groups in total. The van der Waals surface area contributed by atoms with Crippen LogP contribution >= 0.6 is 35.1 Å². The average Bonchev–Trinajstić information content (AvgIpc) is 3.09. The molecule has 2 aromatic rings. The summed E-state index contributed by atoms with van der Waals surface area (Å²) in [6, 6.07) is 4.09. The van der Waals surface area contributed by atoms with Crippen LogP contribution in [0.1, 0.15) is 5.69 Å². The fourth-order valence-electron chi connectivity index (χ4n) is 1.63. The van der Waals surface area contributed by atoms with E-state index in [-0.39, 0.29) is 26.5 Å². The summed E-state index contributed by atoms with van der Waals surface area (Å²) in [5.41, 5.74) is 2.58. The van der Waals surface area contributed by atoms with E-state index in [4.69, 9.17) is 0 Å². The Balaban J connectivity index is 2.27. The van der Waals surface area contributed by atoms with Gasteiger partial charge in [-0.2, -0.15) is 0 Å². The molecular formula is C12H15BrFN6O3PS.